The van der Waals surface area contributed by atoms with Crippen molar-refractivity contribution in [3.63, 3.8) is 0 Å². The average molecular weight is 285 g/mol. The Bertz CT molecular complexity index is 407. The van der Waals surface area contributed by atoms with Crippen LogP contribution in [0.1, 0.15) is 34.1 Å². The molecule has 0 saturated carbocycles. The lowest BCUT2D eigenvalue weighted by Crippen LogP contribution is -2.31. The normalized spacial score (nSPS) is 11.2. The van der Waals surface area contributed by atoms with Crippen LogP contribution >= 0.6 is 12.2 Å². The maximum absolute atomic E-state index is 5.24. The quantitative estimate of drug-likeness (QED) is 0.708. The van der Waals surface area contributed by atoms with Gasteiger partial charge in [-0.05, 0) is 52.1 Å². The first-order valence-electron chi connectivity index (χ1n) is 7.30. The van der Waals surface area contributed by atoms with Crippen LogP contribution < -0.4 is 4.90 Å². The summed E-state index contributed by atoms with van der Waals surface area (Å²) in [6.07, 6.45) is 1.15. The summed E-state index contributed by atoms with van der Waals surface area (Å²) in [5.41, 5.74) is 0. The summed E-state index contributed by atoms with van der Waals surface area (Å²) in [5.74, 6) is 0.967. The van der Waals surface area contributed by atoms with Gasteiger partial charge in [0.25, 0.3) is 0 Å². The van der Waals surface area contributed by atoms with Crippen LogP contribution in [-0.4, -0.2) is 52.4 Å². The minimum Gasteiger partial charge on any atom is -0.341 e. The molecule has 0 unspecified atom stereocenters. The highest BCUT2D eigenvalue weighted by atomic mass is 32.1. The van der Waals surface area contributed by atoms with Crippen molar-refractivity contribution in [3.05, 3.63) is 4.77 Å². The van der Waals surface area contributed by atoms with Crippen LogP contribution in [0.5, 0.6) is 0 Å². The lowest BCUT2D eigenvalue weighted by atomic mass is 10.3. The summed E-state index contributed by atoms with van der Waals surface area (Å²) < 4.78 is 2.76. The van der Waals surface area contributed by atoms with Gasteiger partial charge in [-0.1, -0.05) is 13.8 Å². The maximum Gasteiger partial charge on any atom is 0.225 e. The van der Waals surface area contributed by atoms with E-state index in [-0.39, 0.29) is 0 Å². The lowest BCUT2D eigenvalue weighted by molar-refractivity contribution is 0.300. The molecule has 0 bridgehead atoms. The van der Waals surface area contributed by atoms with E-state index in [1.54, 1.807) is 0 Å². The lowest BCUT2D eigenvalue weighted by Gasteiger charge is -2.24. The second kappa shape index (κ2) is 8.32. The monoisotopic (exact) mass is 285 g/mol. The van der Waals surface area contributed by atoms with Crippen molar-refractivity contribution >= 4 is 18.2 Å². The van der Waals surface area contributed by atoms with E-state index < -0.39 is 0 Å². The van der Waals surface area contributed by atoms with Crippen molar-refractivity contribution in [1.29, 1.82) is 0 Å². The first-order valence-corrected chi connectivity index (χ1v) is 7.71. The summed E-state index contributed by atoms with van der Waals surface area (Å²) in [6, 6.07) is 0. The van der Waals surface area contributed by atoms with E-state index >= 15 is 0 Å². The molecular formula is C13H27N5S. The molecule has 0 amide bonds. The van der Waals surface area contributed by atoms with Crippen LogP contribution in [0.4, 0.5) is 5.95 Å². The van der Waals surface area contributed by atoms with E-state index in [0.29, 0.717) is 4.77 Å². The number of nitrogens with zero attached hydrogens (tertiary/aromatic N) is 4. The van der Waals surface area contributed by atoms with Gasteiger partial charge in [0.15, 0.2) is 4.77 Å². The molecule has 0 aliphatic heterocycles. The Morgan fingerprint density at radius 3 is 2.32 bits per heavy atom. The average Bonchev–Trinajstić information content (AvgIpc) is 2.80. The molecular weight excluding hydrogens is 258 g/mol. The number of hydrogen-bond acceptors (Lipinski definition) is 4. The number of H-pyrrole nitrogens is 1. The second-order valence-electron chi connectivity index (χ2n) is 4.53. The van der Waals surface area contributed by atoms with Gasteiger partial charge in [0, 0.05) is 19.6 Å². The van der Waals surface area contributed by atoms with E-state index in [1.165, 1.54) is 0 Å². The van der Waals surface area contributed by atoms with Crippen molar-refractivity contribution in [2.24, 2.45) is 0 Å². The largest absolute Gasteiger partial charge is 0.341 e. The van der Waals surface area contributed by atoms with Gasteiger partial charge in [-0.3, -0.25) is 4.57 Å². The zero-order valence-corrected chi connectivity index (χ0v) is 13.5. The van der Waals surface area contributed by atoms with Gasteiger partial charge < -0.3 is 9.80 Å². The summed E-state index contributed by atoms with van der Waals surface area (Å²) in [4.78, 5) is 4.74. The predicted molar refractivity (Wildman–Crippen MR) is 83.4 cm³/mol. The van der Waals surface area contributed by atoms with Crippen molar-refractivity contribution in [2.45, 2.75) is 40.7 Å². The van der Waals surface area contributed by atoms with Crippen molar-refractivity contribution in [2.75, 3.05) is 37.6 Å². The second-order valence-corrected chi connectivity index (χ2v) is 4.92. The molecule has 0 fully saturated rings. The highest BCUT2D eigenvalue weighted by Crippen LogP contribution is 2.11. The van der Waals surface area contributed by atoms with Gasteiger partial charge in [-0.15, -0.1) is 5.10 Å². The van der Waals surface area contributed by atoms with Crippen LogP contribution in [-0.2, 0) is 6.54 Å². The molecule has 1 rings (SSSR count). The molecule has 0 atom stereocenters. The molecule has 1 aromatic heterocycles. The molecule has 1 N–H and O–H groups in total. The van der Waals surface area contributed by atoms with E-state index in [1.807, 2.05) is 0 Å². The first kappa shape index (κ1) is 16.2. The molecule has 0 aliphatic rings. The topological polar surface area (TPSA) is 40.1 Å². The fraction of sp³-hybridized carbons (Fsp3) is 0.846. The number of aromatic nitrogens is 3. The molecule has 110 valence electrons. The maximum atomic E-state index is 5.24. The van der Waals surface area contributed by atoms with E-state index in [9.17, 15) is 0 Å². The van der Waals surface area contributed by atoms with Crippen LogP contribution in [0.3, 0.4) is 0 Å². The molecule has 0 aromatic carbocycles. The van der Waals surface area contributed by atoms with Gasteiger partial charge in [-0.25, -0.2) is 5.10 Å². The highest BCUT2D eigenvalue weighted by Gasteiger charge is 2.12. The van der Waals surface area contributed by atoms with Gasteiger partial charge in [0.05, 0.1) is 0 Å². The molecule has 0 aliphatic carbocycles. The summed E-state index contributed by atoms with van der Waals surface area (Å²) >= 11 is 5.24. The third kappa shape index (κ3) is 4.31. The Morgan fingerprint density at radius 1 is 1.11 bits per heavy atom. The predicted octanol–water partition coefficient (Wildman–Crippen LogP) is 2.52. The fourth-order valence-corrected chi connectivity index (χ4v) is 2.52. The minimum atomic E-state index is 0.708. The minimum absolute atomic E-state index is 0.708. The zero-order valence-electron chi connectivity index (χ0n) is 12.6. The Morgan fingerprint density at radius 2 is 1.79 bits per heavy atom. The number of anilines is 1. The Labute approximate surface area is 121 Å². The SMILES string of the molecule is CCN(CC)CCCN(CC)c1n[nH]c(=S)n1CC. The molecule has 0 saturated heterocycles. The Balaban J connectivity index is 2.60. The van der Waals surface area contributed by atoms with Gasteiger partial charge in [-0.2, -0.15) is 0 Å². The molecule has 0 spiro atoms. The number of aromatic amines is 1. The van der Waals surface area contributed by atoms with Gasteiger partial charge >= 0.3 is 0 Å². The zero-order chi connectivity index (χ0) is 14.3. The summed E-state index contributed by atoms with van der Waals surface area (Å²) in [5, 5.41) is 7.24. The molecule has 6 heteroatoms. The third-order valence-corrected chi connectivity index (χ3v) is 3.83. The van der Waals surface area contributed by atoms with Crippen molar-refractivity contribution in [1.82, 2.24) is 19.7 Å². The van der Waals surface area contributed by atoms with Crippen LogP contribution in [0.2, 0.25) is 0 Å². The van der Waals surface area contributed by atoms with Gasteiger partial charge in [0.1, 0.15) is 0 Å². The Kier molecular flexibility index (Phi) is 7.09. The van der Waals surface area contributed by atoms with Crippen LogP contribution in [0, 0.1) is 4.77 Å². The van der Waals surface area contributed by atoms with Crippen molar-refractivity contribution in [3.8, 4) is 0 Å². The van der Waals surface area contributed by atoms with Gasteiger partial charge in [0.2, 0.25) is 5.95 Å². The van der Waals surface area contributed by atoms with Crippen molar-refractivity contribution < 1.29 is 0 Å². The first-order chi connectivity index (χ1) is 9.17. The van der Waals surface area contributed by atoms with Crippen LogP contribution in [0.15, 0.2) is 0 Å². The number of rotatable bonds is 9. The fourth-order valence-electron chi connectivity index (χ4n) is 2.26. The van der Waals surface area contributed by atoms with Crippen LogP contribution in [0.25, 0.3) is 0 Å². The molecule has 1 aromatic rings. The molecule has 1 heterocycles. The summed E-state index contributed by atoms with van der Waals surface area (Å²) in [7, 11) is 0. The van der Waals surface area contributed by atoms with E-state index in [0.717, 1.165) is 51.6 Å². The smallest absolute Gasteiger partial charge is 0.225 e. The third-order valence-electron chi connectivity index (χ3n) is 3.52. The molecule has 5 nitrogen and oxygen atoms in total. The van der Waals surface area contributed by atoms with E-state index in [4.69, 9.17) is 12.2 Å². The molecule has 19 heavy (non-hydrogen) atoms. The molecule has 0 radical (unpaired) electrons. The number of nitrogens with one attached hydrogen (secondary N) is 1. The highest BCUT2D eigenvalue weighted by molar-refractivity contribution is 7.71. The summed E-state index contributed by atoms with van der Waals surface area (Å²) in [6.45, 7) is 14.9. The Hall–Kier alpha value is -0.880. The number of hydrogen-bond donors (Lipinski definition) is 1. The van der Waals surface area contributed by atoms with E-state index in [2.05, 4.69) is 52.3 Å². The standard InChI is InChI=1S/C13H27N5S/c1-5-16(6-2)10-9-11-17(7-3)12-14-15-13(19)18(12)8-4/h5-11H2,1-4H3,(H,15,19).